The lowest BCUT2D eigenvalue weighted by atomic mass is 9.99. The summed E-state index contributed by atoms with van der Waals surface area (Å²) >= 11 is 0. The van der Waals surface area contributed by atoms with Crippen molar-refractivity contribution in [1.29, 1.82) is 0 Å². The smallest absolute Gasteiger partial charge is 0.226 e. The largest absolute Gasteiger partial charge is 0.367 e. The molecular formula is C11H13N3O. The molecule has 2 N–H and O–H groups in total. The first-order valence-corrected chi connectivity index (χ1v) is 4.85. The average molecular weight is 203 g/mol. The highest BCUT2D eigenvalue weighted by molar-refractivity contribution is 5.67. The standard InChI is InChI=1S/C11H13N3O/c1-7(2)9-10(14-15-11(9)12)8-3-5-13-6-4-8/h3-7H,12H2,1-2H3. The summed E-state index contributed by atoms with van der Waals surface area (Å²) in [6.45, 7) is 4.13. The van der Waals surface area contributed by atoms with Crippen LogP contribution in [0.1, 0.15) is 25.3 Å². The van der Waals surface area contributed by atoms with Gasteiger partial charge in [0.1, 0.15) is 5.69 Å². The number of nitrogens with two attached hydrogens (primary N) is 1. The molecule has 0 aromatic carbocycles. The van der Waals surface area contributed by atoms with Gasteiger partial charge in [0.15, 0.2) is 0 Å². The van der Waals surface area contributed by atoms with Crippen molar-refractivity contribution in [3.05, 3.63) is 30.1 Å². The van der Waals surface area contributed by atoms with Gasteiger partial charge in [0, 0.05) is 23.5 Å². The van der Waals surface area contributed by atoms with E-state index in [1.54, 1.807) is 12.4 Å². The SMILES string of the molecule is CC(C)c1c(-c2ccncc2)noc1N. The first kappa shape index (κ1) is 9.71. The van der Waals surface area contributed by atoms with E-state index >= 15 is 0 Å². The highest BCUT2D eigenvalue weighted by atomic mass is 16.5. The van der Waals surface area contributed by atoms with E-state index in [2.05, 4.69) is 24.0 Å². The highest BCUT2D eigenvalue weighted by Crippen LogP contribution is 2.32. The Bertz CT molecular complexity index is 448. The van der Waals surface area contributed by atoms with Gasteiger partial charge in [-0.05, 0) is 18.1 Å². The Hall–Kier alpha value is -1.84. The van der Waals surface area contributed by atoms with Gasteiger partial charge < -0.3 is 10.3 Å². The van der Waals surface area contributed by atoms with Crippen molar-refractivity contribution >= 4 is 5.88 Å². The first-order valence-electron chi connectivity index (χ1n) is 4.85. The minimum absolute atomic E-state index is 0.291. The summed E-state index contributed by atoms with van der Waals surface area (Å²) in [6, 6.07) is 3.78. The lowest BCUT2D eigenvalue weighted by molar-refractivity contribution is 0.438. The third-order valence-electron chi connectivity index (χ3n) is 2.29. The quantitative estimate of drug-likeness (QED) is 0.814. The van der Waals surface area contributed by atoms with Crippen molar-refractivity contribution in [2.45, 2.75) is 19.8 Å². The molecule has 0 aliphatic heterocycles. The molecule has 4 heteroatoms. The molecule has 0 saturated heterocycles. The predicted octanol–water partition coefficient (Wildman–Crippen LogP) is 2.44. The molecule has 0 saturated carbocycles. The summed E-state index contributed by atoms with van der Waals surface area (Å²) in [7, 11) is 0. The van der Waals surface area contributed by atoms with Crippen LogP contribution in [0.15, 0.2) is 29.0 Å². The fourth-order valence-corrected chi connectivity index (χ4v) is 1.59. The summed E-state index contributed by atoms with van der Waals surface area (Å²) < 4.78 is 5.02. The van der Waals surface area contributed by atoms with E-state index in [0.717, 1.165) is 16.8 Å². The number of pyridine rings is 1. The second-order valence-electron chi connectivity index (χ2n) is 3.70. The van der Waals surface area contributed by atoms with Gasteiger partial charge in [0.25, 0.3) is 0 Å². The van der Waals surface area contributed by atoms with Gasteiger partial charge in [-0.15, -0.1) is 0 Å². The molecule has 0 fully saturated rings. The average Bonchev–Trinajstić information content (AvgIpc) is 2.61. The number of aromatic nitrogens is 2. The fraction of sp³-hybridized carbons (Fsp3) is 0.273. The molecule has 15 heavy (non-hydrogen) atoms. The zero-order valence-electron chi connectivity index (χ0n) is 8.77. The predicted molar refractivity (Wildman–Crippen MR) is 58.2 cm³/mol. The van der Waals surface area contributed by atoms with Gasteiger partial charge in [-0.2, -0.15) is 0 Å². The Kier molecular flexibility index (Phi) is 2.41. The Labute approximate surface area is 88.1 Å². The van der Waals surface area contributed by atoms with Crippen LogP contribution in [0.5, 0.6) is 0 Å². The number of hydrogen-bond acceptors (Lipinski definition) is 4. The zero-order chi connectivity index (χ0) is 10.8. The minimum Gasteiger partial charge on any atom is -0.367 e. The highest BCUT2D eigenvalue weighted by Gasteiger charge is 2.17. The van der Waals surface area contributed by atoms with Crippen molar-refractivity contribution in [2.24, 2.45) is 0 Å². The molecule has 0 aliphatic rings. The van der Waals surface area contributed by atoms with Gasteiger partial charge in [0.2, 0.25) is 5.88 Å². The number of nitrogens with zero attached hydrogens (tertiary/aromatic N) is 2. The third-order valence-corrected chi connectivity index (χ3v) is 2.29. The molecule has 0 unspecified atom stereocenters. The van der Waals surface area contributed by atoms with E-state index in [1.165, 1.54) is 0 Å². The summed E-state index contributed by atoms with van der Waals surface area (Å²) in [5.41, 5.74) is 8.49. The molecular weight excluding hydrogens is 190 g/mol. The number of rotatable bonds is 2. The molecule has 0 spiro atoms. The van der Waals surface area contributed by atoms with Crippen molar-refractivity contribution in [3.63, 3.8) is 0 Å². The summed E-state index contributed by atoms with van der Waals surface area (Å²) in [4.78, 5) is 3.96. The molecule has 0 radical (unpaired) electrons. The normalized spacial score (nSPS) is 10.9. The Morgan fingerprint density at radius 1 is 1.27 bits per heavy atom. The van der Waals surface area contributed by atoms with Crippen LogP contribution in [0, 0.1) is 0 Å². The maximum absolute atomic E-state index is 5.73. The van der Waals surface area contributed by atoms with Gasteiger partial charge in [-0.1, -0.05) is 19.0 Å². The van der Waals surface area contributed by atoms with Crippen LogP contribution in [0.4, 0.5) is 5.88 Å². The Balaban J connectivity index is 2.54. The van der Waals surface area contributed by atoms with Gasteiger partial charge in [-0.3, -0.25) is 4.98 Å². The number of nitrogen functional groups attached to an aromatic ring is 1. The molecule has 2 aromatic heterocycles. The van der Waals surface area contributed by atoms with E-state index in [1.807, 2.05) is 12.1 Å². The van der Waals surface area contributed by atoms with Crippen LogP contribution in [0.3, 0.4) is 0 Å². The van der Waals surface area contributed by atoms with Gasteiger partial charge >= 0.3 is 0 Å². The summed E-state index contributed by atoms with van der Waals surface area (Å²) in [6.07, 6.45) is 3.45. The van der Waals surface area contributed by atoms with Gasteiger partial charge in [0.05, 0.1) is 0 Å². The van der Waals surface area contributed by atoms with Crippen LogP contribution in [-0.2, 0) is 0 Å². The maximum Gasteiger partial charge on any atom is 0.226 e. The first-order chi connectivity index (χ1) is 7.20. The van der Waals surface area contributed by atoms with Crippen molar-refractivity contribution in [2.75, 3.05) is 5.73 Å². The van der Waals surface area contributed by atoms with E-state index in [9.17, 15) is 0 Å². The molecule has 0 amide bonds. The van der Waals surface area contributed by atoms with Crippen LogP contribution < -0.4 is 5.73 Å². The molecule has 78 valence electrons. The zero-order valence-corrected chi connectivity index (χ0v) is 8.77. The maximum atomic E-state index is 5.73. The second-order valence-corrected chi connectivity index (χ2v) is 3.70. The summed E-state index contributed by atoms with van der Waals surface area (Å²) in [5, 5.41) is 3.98. The Morgan fingerprint density at radius 3 is 2.53 bits per heavy atom. The molecule has 0 bridgehead atoms. The molecule has 2 aromatic rings. The summed E-state index contributed by atoms with van der Waals surface area (Å²) in [5.74, 6) is 0.691. The molecule has 2 rings (SSSR count). The monoisotopic (exact) mass is 203 g/mol. The van der Waals surface area contributed by atoms with Crippen LogP contribution in [0.25, 0.3) is 11.3 Å². The lowest BCUT2D eigenvalue weighted by Crippen LogP contribution is -1.94. The van der Waals surface area contributed by atoms with E-state index in [0.29, 0.717) is 11.8 Å². The number of anilines is 1. The molecule has 0 atom stereocenters. The van der Waals surface area contributed by atoms with Crippen LogP contribution >= 0.6 is 0 Å². The lowest BCUT2D eigenvalue weighted by Gasteiger charge is -2.04. The Morgan fingerprint density at radius 2 is 1.93 bits per heavy atom. The molecule has 0 aliphatic carbocycles. The van der Waals surface area contributed by atoms with Crippen molar-refractivity contribution < 1.29 is 4.52 Å². The van der Waals surface area contributed by atoms with E-state index < -0.39 is 0 Å². The molecule has 2 heterocycles. The third kappa shape index (κ3) is 1.70. The van der Waals surface area contributed by atoms with E-state index in [4.69, 9.17) is 10.3 Å². The topological polar surface area (TPSA) is 64.9 Å². The molecule has 4 nitrogen and oxygen atoms in total. The van der Waals surface area contributed by atoms with Gasteiger partial charge in [-0.25, -0.2) is 0 Å². The van der Waals surface area contributed by atoms with Crippen LogP contribution in [0.2, 0.25) is 0 Å². The van der Waals surface area contributed by atoms with Crippen LogP contribution in [-0.4, -0.2) is 10.1 Å². The second kappa shape index (κ2) is 3.73. The van der Waals surface area contributed by atoms with Crippen molar-refractivity contribution in [1.82, 2.24) is 10.1 Å². The van der Waals surface area contributed by atoms with E-state index in [-0.39, 0.29) is 0 Å². The fourth-order valence-electron chi connectivity index (χ4n) is 1.59. The minimum atomic E-state index is 0.291. The van der Waals surface area contributed by atoms with Crippen molar-refractivity contribution in [3.8, 4) is 11.3 Å². The number of hydrogen-bond donors (Lipinski definition) is 1.